The van der Waals surface area contributed by atoms with Crippen molar-refractivity contribution < 1.29 is 4.74 Å². The molecule has 1 rings (SSSR count). The van der Waals surface area contributed by atoms with E-state index in [2.05, 4.69) is 19.9 Å². The lowest BCUT2D eigenvalue weighted by Crippen LogP contribution is -1.94. The highest BCUT2D eigenvalue weighted by Crippen LogP contribution is 2.19. The fraction of sp³-hybridized carbons (Fsp3) is 0.364. The molecule has 0 unspecified atom stereocenters. The number of ether oxygens (including phenoxy) is 1. The molecular formula is C11H13NO. The van der Waals surface area contributed by atoms with Gasteiger partial charge in [0.05, 0.1) is 0 Å². The van der Waals surface area contributed by atoms with Gasteiger partial charge in [-0.15, -0.1) is 0 Å². The van der Waals surface area contributed by atoms with Crippen molar-refractivity contribution in [1.82, 2.24) is 0 Å². The molecule has 0 aliphatic rings. The topological polar surface area (TPSA) is 33.0 Å². The Morgan fingerprint density at radius 3 is 2.85 bits per heavy atom. The summed E-state index contributed by atoms with van der Waals surface area (Å²) in [4.78, 5) is 0. The number of nitrogens with zero attached hydrogens (tertiary/aromatic N) is 1. The van der Waals surface area contributed by atoms with Gasteiger partial charge < -0.3 is 4.74 Å². The lowest BCUT2D eigenvalue weighted by atomic mass is 10.0. The summed E-state index contributed by atoms with van der Waals surface area (Å²) < 4.78 is 5.18. The van der Waals surface area contributed by atoms with Crippen LogP contribution in [0.2, 0.25) is 0 Å². The predicted octanol–water partition coefficient (Wildman–Crippen LogP) is 2.71. The molecule has 0 aliphatic heterocycles. The number of hydrogen-bond donors (Lipinski definition) is 0. The van der Waals surface area contributed by atoms with Gasteiger partial charge in [-0.2, -0.15) is 5.26 Å². The van der Waals surface area contributed by atoms with Crippen molar-refractivity contribution in [3.63, 3.8) is 0 Å². The van der Waals surface area contributed by atoms with Gasteiger partial charge in [0.1, 0.15) is 11.8 Å². The third kappa shape index (κ3) is 2.79. The molecule has 0 aromatic heterocycles. The SMILES string of the molecule is CC(C)c1cccc(OCC#N)c1. The Bertz CT molecular complexity index is 312. The molecular weight excluding hydrogens is 162 g/mol. The molecule has 0 amide bonds. The summed E-state index contributed by atoms with van der Waals surface area (Å²) in [7, 11) is 0. The van der Waals surface area contributed by atoms with Gasteiger partial charge in [0, 0.05) is 0 Å². The van der Waals surface area contributed by atoms with Crippen LogP contribution >= 0.6 is 0 Å². The first kappa shape index (κ1) is 9.60. The van der Waals surface area contributed by atoms with Crippen molar-refractivity contribution in [3.8, 4) is 11.8 Å². The maximum atomic E-state index is 8.33. The van der Waals surface area contributed by atoms with Crippen LogP contribution in [0, 0.1) is 11.3 Å². The van der Waals surface area contributed by atoms with Crippen LogP contribution < -0.4 is 4.74 Å². The summed E-state index contributed by atoms with van der Waals surface area (Å²) in [6, 6.07) is 9.79. The number of rotatable bonds is 3. The fourth-order valence-electron chi connectivity index (χ4n) is 1.08. The minimum Gasteiger partial charge on any atom is -0.479 e. The first-order valence-corrected chi connectivity index (χ1v) is 4.33. The average Bonchev–Trinajstić information content (AvgIpc) is 2.15. The van der Waals surface area contributed by atoms with Gasteiger partial charge in [-0.3, -0.25) is 0 Å². The zero-order valence-corrected chi connectivity index (χ0v) is 7.95. The van der Waals surface area contributed by atoms with E-state index in [-0.39, 0.29) is 6.61 Å². The van der Waals surface area contributed by atoms with Crippen molar-refractivity contribution in [1.29, 1.82) is 5.26 Å². The lowest BCUT2D eigenvalue weighted by Gasteiger charge is -2.07. The zero-order chi connectivity index (χ0) is 9.68. The van der Waals surface area contributed by atoms with Gasteiger partial charge in [0.2, 0.25) is 0 Å². The normalized spacial score (nSPS) is 9.69. The summed E-state index contributed by atoms with van der Waals surface area (Å²) in [5.74, 6) is 1.26. The summed E-state index contributed by atoms with van der Waals surface area (Å²) in [6.45, 7) is 4.37. The van der Waals surface area contributed by atoms with E-state index in [1.54, 1.807) is 0 Å². The Hall–Kier alpha value is -1.49. The van der Waals surface area contributed by atoms with Crippen molar-refractivity contribution in [3.05, 3.63) is 29.8 Å². The average molecular weight is 175 g/mol. The van der Waals surface area contributed by atoms with Crippen LogP contribution in [0.4, 0.5) is 0 Å². The maximum absolute atomic E-state index is 8.33. The molecule has 2 nitrogen and oxygen atoms in total. The van der Waals surface area contributed by atoms with E-state index in [1.807, 2.05) is 24.3 Å². The molecule has 0 atom stereocenters. The van der Waals surface area contributed by atoms with Crippen LogP contribution in [0.15, 0.2) is 24.3 Å². The minimum atomic E-state index is 0.113. The largest absolute Gasteiger partial charge is 0.479 e. The van der Waals surface area contributed by atoms with E-state index in [9.17, 15) is 0 Å². The molecule has 0 heterocycles. The van der Waals surface area contributed by atoms with E-state index in [4.69, 9.17) is 10.00 Å². The minimum absolute atomic E-state index is 0.113. The van der Waals surface area contributed by atoms with Crippen LogP contribution in [0.3, 0.4) is 0 Å². The van der Waals surface area contributed by atoms with Crippen molar-refractivity contribution in [2.75, 3.05) is 6.61 Å². The molecule has 13 heavy (non-hydrogen) atoms. The predicted molar refractivity (Wildman–Crippen MR) is 51.6 cm³/mol. The third-order valence-electron chi connectivity index (χ3n) is 1.83. The Morgan fingerprint density at radius 2 is 2.23 bits per heavy atom. The van der Waals surface area contributed by atoms with E-state index in [0.29, 0.717) is 5.92 Å². The second kappa shape index (κ2) is 4.51. The molecule has 0 N–H and O–H groups in total. The molecule has 2 heteroatoms. The first-order chi connectivity index (χ1) is 6.24. The third-order valence-corrected chi connectivity index (χ3v) is 1.83. The summed E-state index contributed by atoms with van der Waals surface area (Å²) >= 11 is 0. The van der Waals surface area contributed by atoms with Crippen LogP contribution in [0.25, 0.3) is 0 Å². The molecule has 0 saturated carbocycles. The zero-order valence-electron chi connectivity index (χ0n) is 7.95. The lowest BCUT2D eigenvalue weighted by molar-refractivity contribution is 0.367. The van der Waals surface area contributed by atoms with E-state index < -0.39 is 0 Å². The van der Waals surface area contributed by atoms with Gasteiger partial charge >= 0.3 is 0 Å². The Balaban J connectivity index is 2.75. The van der Waals surface area contributed by atoms with Crippen LogP contribution in [-0.2, 0) is 0 Å². The number of hydrogen-bond acceptors (Lipinski definition) is 2. The second-order valence-electron chi connectivity index (χ2n) is 3.17. The van der Waals surface area contributed by atoms with Crippen molar-refractivity contribution in [2.24, 2.45) is 0 Å². The molecule has 1 aromatic carbocycles. The van der Waals surface area contributed by atoms with Crippen LogP contribution in [0.5, 0.6) is 5.75 Å². The Labute approximate surface area is 78.8 Å². The quantitative estimate of drug-likeness (QED) is 0.707. The molecule has 0 fully saturated rings. The van der Waals surface area contributed by atoms with Crippen molar-refractivity contribution in [2.45, 2.75) is 19.8 Å². The fourth-order valence-corrected chi connectivity index (χ4v) is 1.08. The van der Waals surface area contributed by atoms with Gasteiger partial charge in [-0.1, -0.05) is 26.0 Å². The molecule has 0 spiro atoms. The van der Waals surface area contributed by atoms with E-state index >= 15 is 0 Å². The van der Waals surface area contributed by atoms with Crippen LogP contribution in [0.1, 0.15) is 25.3 Å². The highest BCUT2D eigenvalue weighted by atomic mass is 16.5. The summed E-state index contributed by atoms with van der Waals surface area (Å²) in [5, 5.41) is 8.33. The van der Waals surface area contributed by atoms with Crippen molar-refractivity contribution >= 4 is 0 Å². The molecule has 0 saturated heterocycles. The van der Waals surface area contributed by atoms with Crippen LogP contribution in [-0.4, -0.2) is 6.61 Å². The van der Waals surface area contributed by atoms with E-state index in [0.717, 1.165) is 5.75 Å². The highest BCUT2D eigenvalue weighted by Gasteiger charge is 1.99. The van der Waals surface area contributed by atoms with Gasteiger partial charge in [0.25, 0.3) is 0 Å². The molecule has 0 bridgehead atoms. The molecule has 1 aromatic rings. The molecule has 68 valence electrons. The smallest absolute Gasteiger partial charge is 0.174 e. The highest BCUT2D eigenvalue weighted by molar-refractivity contribution is 5.30. The standard InChI is InChI=1S/C11H13NO/c1-9(2)10-4-3-5-11(8-10)13-7-6-12/h3-5,8-9H,7H2,1-2H3. The monoisotopic (exact) mass is 175 g/mol. The van der Waals surface area contributed by atoms with Gasteiger partial charge in [0.15, 0.2) is 6.61 Å². The number of benzene rings is 1. The van der Waals surface area contributed by atoms with Gasteiger partial charge in [-0.05, 0) is 23.6 Å². The Kier molecular flexibility index (Phi) is 3.33. The summed E-state index contributed by atoms with van der Waals surface area (Å²) in [5.41, 5.74) is 1.23. The van der Waals surface area contributed by atoms with Gasteiger partial charge in [-0.25, -0.2) is 0 Å². The molecule has 0 radical (unpaired) electrons. The molecule has 0 aliphatic carbocycles. The summed E-state index contributed by atoms with van der Waals surface area (Å²) in [6.07, 6.45) is 0. The second-order valence-corrected chi connectivity index (χ2v) is 3.17. The Morgan fingerprint density at radius 1 is 1.46 bits per heavy atom. The van der Waals surface area contributed by atoms with E-state index in [1.165, 1.54) is 5.56 Å². The maximum Gasteiger partial charge on any atom is 0.174 e. The number of nitriles is 1. The first-order valence-electron chi connectivity index (χ1n) is 4.33.